The average Bonchev–Trinajstić information content (AvgIpc) is 2.35. The fourth-order valence-corrected chi connectivity index (χ4v) is 2.09. The molecular weight excluding hydrogens is 322 g/mol. The highest BCUT2D eigenvalue weighted by molar-refractivity contribution is 14.1. The van der Waals surface area contributed by atoms with Crippen molar-refractivity contribution in [1.29, 1.82) is 0 Å². The van der Waals surface area contributed by atoms with Gasteiger partial charge in [-0.2, -0.15) is 0 Å². The topological polar surface area (TPSA) is 9.23 Å². The number of halogens is 1. The van der Waals surface area contributed by atoms with E-state index in [0.29, 0.717) is 0 Å². The summed E-state index contributed by atoms with van der Waals surface area (Å²) in [6.45, 7) is 2.06. The van der Waals surface area contributed by atoms with Gasteiger partial charge < -0.3 is 4.65 Å². The summed E-state index contributed by atoms with van der Waals surface area (Å²) in [4.78, 5) is 0. The normalized spacial score (nSPS) is 12.4. The molecule has 0 saturated heterocycles. The number of hydrogen-bond acceptors (Lipinski definition) is 1. The summed E-state index contributed by atoms with van der Waals surface area (Å²) in [5, 5.41) is 0. The van der Waals surface area contributed by atoms with Crippen molar-refractivity contribution < 1.29 is 4.65 Å². The van der Waals surface area contributed by atoms with Crippen LogP contribution in [0.5, 0.6) is 0 Å². The average molecular weight is 334 g/mol. The molecule has 2 aromatic carbocycles. The Morgan fingerprint density at radius 1 is 0.941 bits per heavy atom. The Bertz CT molecular complexity index is 433. The lowest BCUT2D eigenvalue weighted by Crippen LogP contribution is -2.04. The van der Waals surface area contributed by atoms with Crippen molar-refractivity contribution in [3.8, 4) is 0 Å². The van der Waals surface area contributed by atoms with Crippen molar-refractivity contribution in [1.82, 2.24) is 0 Å². The minimum absolute atomic E-state index is 0.201. The van der Waals surface area contributed by atoms with Crippen LogP contribution in [0.4, 0.5) is 0 Å². The van der Waals surface area contributed by atoms with E-state index in [0.717, 1.165) is 11.1 Å². The van der Waals surface area contributed by atoms with E-state index in [1.807, 2.05) is 24.3 Å². The molecule has 0 fully saturated rings. The molecule has 0 spiro atoms. The van der Waals surface area contributed by atoms with Crippen LogP contribution in [0.1, 0.15) is 22.8 Å². The Kier molecular flexibility index (Phi) is 4.23. The van der Waals surface area contributed by atoms with E-state index in [2.05, 4.69) is 53.8 Å². The number of benzene rings is 2. The third-order valence-corrected chi connectivity index (χ3v) is 3.41. The first-order valence-electron chi connectivity index (χ1n) is 5.38. The summed E-state index contributed by atoms with van der Waals surface area (Å²) in [5.41, 5.74) is 3.36. The fraction of sp³-hybridized carbons (Fsp3) is 0.143. The highest BCUT2D eigenvalue weighted by Gasteiger charge is 2.11. The van der Waals surface area contributed by atoms with Crippen LogP contribution in [-0.4, -0.2) is 8.05 Å². The van der Waals surface area contributed by atoms with E-state index in [4.69, 9.17) is 12.7 Å². The Balaban J connectivity index is 2.33. The zero-order valence-corrected chi connectivity index (χ0v) is 11.7. The third-order valence-electron chi connectivity index (χ3n) is 2.69. The number of aryl methyl sites for hydroxylation is 1. The highest BCUT2D eigenvalue weighted by atomic mass is 127. The largest absolute Gasteiger partial charge is 0.437 e. The first-order chi connectivity index (χ1) is 8.20. The van der Waals surface area contributed by atoms with Gasteiger partial charge in [0.15, 0.2) is 0 Å². The predicted molar refractivity (Wildman–Crippen MR) is 79.0 cm³/mol. The predicted octanol–water partition coefficient (Wildman–Crippen LogP) is 3.79. The van der Waals surface area contributed by atoms with Crippen molar-refractivity contribution in [2.24, 2.45) is 0 Å². The lowest BCUT2D eigenvalue weighted by atomic mass is 10.00. The molecule has 2 radical (unpaired) electrons. The van der Waals surface area contributed by atoms with Gasteiger partial charge in [0.05, 0.1) is 6.10 Å². The highest BCUT2D eigenvalue weighted by Crippen LogP contribution is 2.25. The zero-order chi connectivity index (χ0) is 12.3. The lowest BCUT2D eigenvalue weighted by molar-refractivity contribution is 0.273. The van der Waals surface area contributed by atoms with Crippen molar-refractivity contribution in [3.05, 3.63) is 68.8 Å². The Morgan fingerprint density at radius 3 is 1.88 bits per heavy atom. The maximum atomic E-state index is 5.41. The minimum atomic E-state index is -0.201. The molecule has 0 aromatic heterocycles. The molecule has 0 aliphatic heterocycles. The van der Waals surface area contributed by atoms with Gasteiger partial charge in [-0.3, -0.25) is 0 Å². The van der Waals surface area contributed by atoms with E-state index in [-0.39, 0.29) is 6.10 Å². The van der Waals surface area contributed by atoms with Crippen LogP contribution in [0.25, 0.3) is 0 Å². The summed E-state index contributed by atoms with van der Waals surface area (Å²) < 4.78 is 6.30. The molecule has 1 nitrogen and oxygen atoms in total. The Labute approximate surface area is 117 Å². The molecule has 2 aromatic rings. The van der Waals surface area contributed by atoms with Crippen molar-refractivity contribution >= 4 is 30.6 Å². The first kappa shape index (κ1) is 12.6. The van der Waals surface area contributed by atoms with E-state index in [1.165, 1.54) is 9.13 Å². The molecule has 0 saturated carbocycles. The van der Waals surface area contributed by atoms with Crippen LogP contribution in [0, 0.1) is 10.5 Å². The molecule has 3 heteroatoms. The van der Waals surface area contributed by atoms with Gasteiger partial charge >= 0.3 is 0 Å². The van der Waals surface area contributed by atoms with Gasteiger partial charge in [-0.15, -0.1) is 0 Å². The van der Waals surface area contributed by atoms with E-state index < -0.39 is 0 Å². The molecule has 2 rings (SSSR count). The first-order valence-corrected chi connectivity index (χ1v) is 6.46. The van der Waals surface area contributed by atoms with Crippen LogP contribution in [0.2, 0.25) is 0 Å². The molecule has 1 atom stereocenters. The second-order valence-electron chi connectivity index (χ2n) is 3.98. The van der Waals surface area contributed by atoms with Gasteiger partial charge in [0, 0.05) is 3.57 Å². The SMILES string of the molecule is [B]OC(c1ccc(C)cc1)c1ccc(I)cc1. The minimum Gasteiger partial charge on any atom is -0.437 e. The van der Waals surface area contributed by atoms with Gasteiger partial charge in [-0.05, 0) is 52.8 Å². The van der Waals surface area contributed by atoms with Gasteiger partial charge in [0.25, 0.3) is 8.05 Å². The van der Waals surface area contributed by atoms with Gasteiger partial charge in [0.2, 0.25) is 0 Å². The smallest absolute Gasteiger partial charge is 0.283 e. The Morgan fingerprint density at radius 2 is 1.41 bits per heavy atom. The van der Waals surface area contributed by atoms with Crippen LogP contribution < -0.4 is 0 Å². The fourth-order valence-electron chi connectivity index (χ4n) is 1.73. The van der Waals surface area contributed by atoms with Crippen LogP contribution in [0.15, 0.2) is 48.5 Å². The second kappa shape index (κ2) is 5.69. The summed E-state index contributed by atoms with van der Waals surface area (Å²) >= 11 is 2.28. The molecular formula is C14H12BIO. The molecule has 0 aliphatic rings. The van der Waals surface area contributed by atoms with E-state index in [9.17, 15) is 0 Å². The van der Waals surface area contributed by atoms with E-state index >= 15 is 0 Å². The van der Waals surface area contributed by atoms with Crippen molar-refractivity contribution in [3.63, 3.8) is 0 Å². The molecule has 1 unspecified atom stereocenters. The standard InChI is InChI=1S/C14H12BIO/c1-10-2-4-11(5-3-10)14(17-15)12-6-8-13(16)9-7-12/h2-9,14H,1H3. The van der Waals surface area contributed by atoms with Gasteiger partial charge in [-0.1, -0.05) is 42.0 Å². The molecule has 0 bridgehead atoms. The Hall–Kier alpha value is -0.805. The lowest BCUT2D eigenvalue weighted by Gasteiger charge is -2.17. The molecule has 0 N–H and O–H groups in total. The summed E-state index contributed by atoms with van der Waals surface area (Å²) in [5.74, 6) is 0. The zero-order valence-electron chi connectivity index (χ0n) is 9.56. The third kappa shape index (κ3) is 3.10. The second-order valence-corrected chi connectivity index (χ2v) is 5.22. The van der Waals surface area contributed by atoms with Gasteiger partial charge in [-0.25, -0.2) is 0 Å². The molecule has 84 valence electrons. The van der Waals surface area contributed by atoms with Crippen molar-refractivity contribution in [2.45, 2.75) is 13.0 Å². The van der Waals surface area contributed by atoms with E-state index in [1.54, 1.807) is 0 Å². The quantitative estimate of drug-likeness (QED) is 0.613. The van der Waals surface area contributed by atoms with Crippen molar-refractivity contribution in [2.75, 3.05) is 0 Å². The van der Waals surface area contributed by atoms with Crippen LogP contribution >= 0.6 is 22.6 Å². The van der Waals surface area contributed by atoms with Gasteiger partial charge in [0.1, 0.15) is 0 Å². The molecule has 17 heavy (non-hydrogen) atoms. The summed E-state index contributed by atoms with van der Waals surface area (Å²) in [6, 6.07) is 16.4. The maximum absolute atomic E-state index is 5.41. The number of hydrogen-bond donors (Lipinski definition) is 0. The van der Waals surface area contributed by atoms with Crippen LogP contribution in [-0.2, 0) is 4.65 Å². The summed E-state index contributed by atoms with van der Waals surface area (Å²) in [7, 11) is 5.41. The maximum Gasteiger partial charge on any atom is 0.283 e. The summed E-state index contributed by atoms with van der Waals surface area (Å²) in [6.07, 6.45) is -0.201. The number of rotatable bonds is 3. The molecule has 0 amide bonds. The van der Waals surface area contributed by atoms with Crippen LogP contribution in [0.3, 0.4) is 0 Å². The monoisotopic (exact) mass is 334 g/mol. The molecule has 0 heterocycles. The molecule has 0 aliphatic carbocycles.